The number of aromatic hydroxyl groups is 1. The summed E-state index contributed by atoms with van der Waals surface area (Å²) in [6, 6.07) is 12.2. The van der Waals surface area contributed by atoms with Crippen molar-refractivity contribution in [3.63, 3.8) is 0 Å². The first kappa shape index (κ1) is 16.1. The lowest BCUT2D eigenvalue weighted by molar-refractivity contribution is 0.217. The number of fused-ring (bicyclic) bond motifs is 1. The van der Waals surface area contributed by atoms with Gasteiger partial charge in [-0.2, -0.15) is 0 Å². The zero-order chi connectivity index (χ0) is 17.2. The number of hydrogen-bond acceptors (Lipinski definition) is 5. The Morgan fingerprint density at radius 1 is 1.20 bits per heavy atom. The quantitative estimate of drug-likeness (QED) is 0.767. The fourth-order valence-electron chi connectivity index (χ4n) is 3.17. The summed E-state index contributed by atoms with van der Waals surface area (Å²) in [5, 5.41) is 10.5. The van der Waals surface area contributed by atoms with E-state index in [1.54, 1.807) is 11.3 Å². The molecule has 1 aliphatic rings. The van der Waals surface area contributed by atoms with Crippen LogP contribution in [0.2, 0.25) is 0 Å². The summed E-state index contributed by atoms with van der Waals surface area (Å²) in [6.45, 7) is 5.09. The first-order chi connectivity index (χ1) is 12.2. The molecule has 2 aromatic heterocycles. The van der Waals surface area contributed by atoms with E-state index >= 15 is 0 Å². The molecule has 1 aliphatic heterocycles. The van der Waals surface area contributed by atoms with E-state index in [9.17, 15) is 5.11 Å². The molecule has 0 aliphatic carbocycles. The Bertz CT molecular complexity index is 877. The fraction of sp³-hybridized carbons (Fsp3) is 0.250. The molecule has 0 radical (unpaired) electrons. The maximum Gasteiger partial charge on any atom is 0.165 e. The molecule has 128 valence electrons. The third kappa shape index (κ3) is 3.52. The monoisotopic (exact) mass is 352 g/mol. The topological polar surface area (TPSA) is 45.6 Å². The van der Waals surface area contributed by atoms with Crippen LogP contribution >= 0.6 is 11.3 Å². The molecule has 3 heterocycles. The largest absolute Gasteiger partial charge is 0.504 e. The highest BCUT2D eigenvalue weighted by Gasteiger charge is 2.20. The highest BCUT2D eigenvalue weighted by Crippen LogP contribution is 2.39. The van der Waals surface area contributed by atoms with Crippen molar-refractivity contribution in [3.05, 3.63) is 64.8 Å². The van der Waals surface area contributed by atoms with Crippen molar-refractivity contribution in [2.45, 2.75) is 20.0 Å². The third-order valence-electron chi connectivity index (χ3n) is 4.37. The van der Waals surface area contributed by atoms with Crippen LogP contribution in [0.5, 0.6) is 11.5 Å². The minimum atomic E-state index is 0.226. The van der Waals surface area contributed by atoms with Gasteiger partial charge < -0.3 is 9.84 Å². The molecule has 1 N–H and O–H groups in total. The number of benzene rings is 1. The van der Waals surface area contributed by atoms with E-state index in [0.717, 1.165) is 30.8 Å². The number of pyridine rings is 1. The molecular formula is C20H20N2O2S. The number of hydrogen-bond donors (Lipinski definition) is 1. The molecule has 0 amide bonds. The average molecular weight is 352 g/mol. The van der Waals surface area contributed by atoms with Crippen LogP contribution in [0.25, 0.3) is 10.4 Å². The molecule has 0 spiro atoms. The number of thiophene rings is 1. The fourth-order valence-corrected chi connectivity index (χ4v) is 4.02. The summed E-state index contributed by atoms with van der Waals surface area (Å²) in [6.07, 6.45) is 3.64. The zero-order valence-electron chi connectivity index (χ0n) is 14.1. The molecule has 1 aromatic carbocycles. The molecule has 0 fully saturated rings. The van der Waals surface area contributed by atoms with E-state index in [2.05, 4.69) is 35.0 Å². The highest BCUT2D eigenvalue weighted by atomic mass is 32.1. The lowest BCUT2D eigenvalue weighted by Gasteiger charge is -2.19. The van der Waals surface area contributed by atoms with Gasteiger partial charge in [-0.1, -0.05) is 0 Å². The molecule has 0 saturated carbocycles. The second kappa shape index (κ2) is 6.86. The Balaban J connectivity index is 1.64. The summed E-state index contributed by atoms with van der Waals surface area (Å²) in [5.74, 6) is 0.846. The molecule has 4 rings (SSSR count). The van der Waals surface area contributed by atoms with Crippen molar-refractivity contribution in [3.8, 4) is 21.9 Å². The summed E-state index contributed by atoms with van der Waals surface area (Å²) in [7, 11) is 0. The summed E-state index contributed by atoms with van der Waals surface area (Å²) >= 11 is 1.74. The number of phenols is 1. The molecule has 4 nitrogen and oxygen atoms in total. The van der Waals surface area contributed by atoms with Gasteiger partial charge in [0.2, 0.25) is 0 Å². The number of ether oxygens (including phenoxy) is 1. The standard InChI is InChI=1S/C20H20N2O2S/c1-14-2-3-19(25-14)16-10-17-13-22(12-15-4-6-21-7-5-15)8-9-24-20(17)18(23)11-16/h2-7,10-11,23H,8-9,12-13H2,1H3. The Kier molecular flexibility index (Phi) is 4.42. The van der Waals surface area contributed by atoms with E-state index in [-0.39, 0.29) is 5.75 Å². The Morgan fingerprint density at radius 3 is 2.80 bits per heavy atom. The predicted molar refractivity (Wildman–Crippen MR) is 100 cm³/mol. The maximum absolute atomic E-state index is 10.5. The van der Waals surface area contributed by atoms with Crippen molar-refractivity contribution in [1.29, 1.82) is 0 Å². The van der Waals surface area contributed by atoms with Crippen LogP contribution in [-0.2, 0) is 13.1 Å². The van der Waals surface area contributed by atoms with Crippen molar-refractivity contribution in [2.75, 3.05) is 13.2 Å². The van der Waals surface area contributed by atoms with E-state index in [1.165, 1.54) is 15.3 Å². The SMILES string of the molecule is Cc1ccc(-c2cc(O)c3c(c2)CN(Cc2ccncc2)CCO3)s1. The van der Waals surface area contributed by atoms with Gasteiger partial charge in [0, 0.05) is 47.3 Å². The average Bonchev–Trinajstić information content (AvgIpc) is 2.93. The van der Waals surface area contributed by atoms with Gasteiger partial charge >= 0.3 is 0 Å². The van der Waals surface area contributed by atoms with E-state index in [0.29, 0.717) is 12.4 Å². The first-order valence-electron chi connectivity index (χ1n) is 8.36. The molecule has 25 heavy (non-hydrogen) atoms. The Hall–Kier alpha value is -2.37. The lowest BCUT2D eigenvalue weighted by atomic mass is 10.1. The first-order valence-corrected chi connectivity index (χ1v) is 9.17. The minimum absolute atomic E-state index is 0.226. The van der Waals surface area contributed by atoms with Crippen LogP contribution in [0, 0.1) is 6.92 Å². The van der Waals surface area contributed by atoms with E-state index in [4.69, 9.17) is 4.74 Å². The zero-order valence-corrected chi connectivity index (χ0v) is 14.9. The third-order valence-corrected chi connectivity index (χ3v) is 5.42. The van der Waals surface area contributed by atoms with Crippen LogP contribution < -0.4 is 4.74 Å². The number of phenolic OH excluding ortho intramolecular Hbond substituents is 1. The van der Waals surface area contributed by atoms with E-state index < -0.39 is 0 Å². The van der Waals surface area contributed by atoms with Crippen LogP contribution in [0.4, 0.5) is 0 Å². The number of nitrogens with zero attached hydrogens (tertiary/aromatic N) is 2. The molecular weight excluding hydrogens is 332 g/mol. The summed E-state index contributed by atoms with van der Waals surface area (Å²) < 4.78 is 5.84. The predicted octanol–water partition coefficient (Wildman–Crippen LogP) is 4.22. The minimum Gasteiger partial charge on any atom is -0.504 e. The van der Waals surface area contributed by atoms with Gasteiger partial charge in [0.05, 0.1) is 0 Å². The van der Waals surface area contributed by atoms with E-state index in [1.807, 2.05) is 30.6 Å². The van der Waals surface area contributed by atoms with Gasteiger partial charge in [-0.3, -0.25) is 9.88 Å². The van der Waals surface area contributed by atoms with Gasteiger partial charge in [-0.25, -0.2) is 0 Å². The number of rotatable bonds is 3. The van der Waals surface area contributed by atoms with Crippen molar-refractivity contribution >= 4 is 11.3 Å². The molecule has 0 saturated heterocycles. The van der Waals surface area contributed by atoms with Crippen LogP contribution in [0.15, 0.2) is 48.8 Å². The number of aryl methyl sites for hydroxylation is 1. The van der Waals surface area contributed by atoms with Crippen molar-refractivity contribution < 1.29 is 9.84 Å². The molecule has 0 unspecified atom stereocenters. The molecule has 0 atom stereocenters. The summed E-state index contributed by atoms with van der Waals surface area (Å²) in [4.78, 5) is 8.84. The van der Waals surface area contributed by atoms with Gasteiger partial charge in [-0.05, 0) is 54.4 Å². The second-order valence-electron chi connectivity index (χ2n) is 6.31. The van der Waals surface area contributed by atoms with Crippen LogP contribution in [-0.4, -0.2) is 28.1 Å². The van der Waals surface area contributed by atoms with Gasteiger partial charge in [0.15, 0.2) is 11.5 Å². The van der Waals surface area contributed by atoms with Crippen LogP contribution in [0.1, 0.15) is 16.0 Å². The van der Waals surface area contributed by atoms with Crippen molar-refractivity contribution in [1.82, 2.24) is 9.88 Å². The highest BCUT2D eigenvalue weighted by molar-refractivity contribution is 7.15. The Morgan fingerprint density at radius 2 is 2.04 bits per heavy atom. The normalized spacial score (nSPS) is 14.6. The molecule has 0 bridgehead atoms. The maximum atomic E-state index is 10.5. The smallest absolute Gasteiger partial charge is 0.165 e. The number of aromatic nitrogens is 1. The second-order valence-corrected chi connectivity index (χ2v) is 7.60. The van der Waals surface area contributed by atoms with Gasteiger partial charge in [0.1, 0.15) is 6.61 Å². The molecule has 3 aromatic rings. The van der Waals surface area contributed by atoms with Crippen molar-refractivity contribution in [2.24, 2.45) is 0 Å². The summed E-state index contributed by atoms with van der Waals surface area (Å²) in [5.41, 5.74) is 3.31. The van der Waals surface area contributed by atoms with Gasteiger partial charge in [-0.15, -0.1) is 11.3 Å². The van der Waals surface area contributed by atoms with Crippen LogP contribution in [0.3, 0.4) is 0 Å². The molecule has 5 heteroatoms. The Labute approximate surface area is 151 Å². The lowest BCUT2D eigenvalue weighted by Crippen LogP contribution is -2.25. The van der Waals surface area contributed by atoms with Gasteiger partial charge in [0.25, 0.3) is 0 Å².